The smallest absolute Gasteiger partial charge is 0.253 e. The molecule has 1 atom stereocenters. The fourth-order valence-corrected chi connectivity index (χ4v) is 4.59. The van der Waals surface area contributed by atoms with Gasteiger partial charge in [-0.1, -0.05) is 17.7 Å². The van der Waals surface area contributed by atoms with E-state index in [0.717, 1.165) is 50.1 Å². The minimum atomic E-state index is 0.0244. The molecule has 3 aliphatic heterocycles. The number of amides is 1. The first-order valence-electron chi connectivity index (χ1n) is 9.39. The lowest BCUT2D eigenvalue weighted by molar-refractivity contribution is -0.0393. The number of benzene rings is 1. The van der Waals surface area contributed by atoms with Gasteiger partial charge in [0.25, 0.3) is 5.91 Å². The van der Waals surface area contributed by atoms with Gasteiger partial charge in [0.15, 0.2) is 0 Å². The zero-order valence-corrected chi connectivity index (χ0v) is 14.7. The van der Waals surface area contributed by atoms with Gasteiger partial charge in [-0.3, -0.25) is 9.69 Å². The first-order chi connectivity index (χ1) is 11.7. The van der Waals surface area contributed by atoms with Crippen LogP contribution in [0.5, 0.6) is 0 Å². The van der Waals surface area contributed by atoms with E-state index in [0.29, 0.717) is 6.04 Å². The molecule has 130 valence electrons. The molecule has 1 amide bonds. The Morgan fingerprint density at radius 1 is 1.17 bits per heavy atom. The third-order valence-corrected chi connectivity index (χ3v) is 6.07. The molecule has 3 saturated heterocycles. The van der Waals surface area contributed by atoms with E-state index < -0.39 is 0 Å². The first kappa shape index (κ1) is 16.1. The number of hydrogen-bond donors (Lipinski definition) is 0. The topological polar surface area (TPSA) is 32.8 Å². The van der Waals surface area contributed by atoms with E-state index in [4.69, 9.17) is 4.74 Å². The lowest BCUT2D eigenvalue weighted by Crippen LogP contribution is -2.47. The van der Waals surface area contributed by atoms with Crippen LogP contribution in [0.15, 0.2) is 24.3 Å². The van der Waals surface area contributed by atoms with Gasteiger partial charge in [-0.2, -0.15) is 0 Å². The highest BCUT2D eigenvalue weighted by molar-refractivity contribution is 5.94. The van der Waals surface area contributed by atoms with E-state index in [9.17, 15) is 4.79 Å². The van der Waals surface area contributed by atoms with E-state index in [1.165, 1.54) is 25.9 Å². The second kappa shape index (κ2) is 6.49. The number of nitrogens with zero attached hydrogens (tertiary/aromatic N) is 2. The number of rotatable bonds is 2. The van der Waals surface area contributed by atoms with Gasteiger partial charge in [0.2, 0.25) is 0 Å². The van der Waals surface area contributed by atoms with Crippen LogP contribution in [0.2, 0.25) is 0 Å². The quantitative estimate of drug-likeness (QED) is 0.837. The van der Waals surface area contributed by atoms with Crippen molar-refractivity contribution in [1.29, 1.82) is 0 Å². The predicted octanol–water partition coefficient (Wildman–Crippen LogP) is 2.85. The Morgan fingerprint density at radius 2 is 1.92 bits per heavy atom. The van der Waals surface area contributed by atoms with Crippen LogP contribution in [0.1, 0.15) is 48.0 Å². The van der Waals surface area contributed by atoms with E-state index in [1.54, 1.807) is 0 Å². The number of likely N-dealkylation sites (tertiary alicyclic amines) is 2. The molecule has 1 aromatic carbocycles. The van der Waals surface area contributed by atoms with Crippen LogP contribution in [0.4, 0.5) is 0 Å². The zero-order valence-electron chi connectivity index (χ0n) is 14.7. The van der Waals surface area contributed by atoms with Crippen LogP contribution < -0.4 is 0 Å². The Morgan fingerprint density at radius 3 is 2.62 bits per heavy atom. The molecule has 0 bridgehead atoms. The number of hydrogen-bond acceptors (Lipinski definition) is 3. The highest BCUT2D eigenvalue weighted by Gasteiger charge is 2.45. The van der Waals surface area contributed by atoms with Crippen molar-refractivity contribution in [3.05, 3.63) is 35.4 Å². The van der Waals surface area contributed by atoms with Gasteiger partial charge in [-0.05, 0) is 64.3 Å². The SMILES string of the molecule is Cc1cccc(C(=O)N2CCC3(CC2)C[C@H](N2CCCC2)CO3)c1. The standard InChI is InChI=1S/C20H28N2O2/c1-16-5-4-6-17(13-16)19(23)22-11-7-20(8-12-22)14-18(15-24-20)21-9-2-3-10-21/h4-6,13,18H,2-3,7-12,14-15H2,1H3/t18-/m0/s1. The van der Waals surface area contributed by atoms with Crippen molar-refractivity contribution < 1.29 is 9.53 Å². The Balaban J connectivity index is 1.36. The molecule has 3 heterocycles. The van der Waals surface area contributed by atoms with Gasteiger partial charge in [0.1, 0.15) is 0 Å². The first-order valence-corrected chi connectivity index (χ1v) is 9.39. The maximum absolute atomic E-state index is 12.7. The molecular weight excluding hydrogens is 300 g/mol. The molecule has 24 heavy (non-hydrogen) atoms. The Labute approximate surface area is 144 Å². The van der Waals surface area contributed by atoms with Gasteiger partial charge in [-0.25, -0.2) is 0 Å². The van der Waals surface area contributed by atoms with Crippen molar-refractivity contribution in [1.82, 2.24) is 9.80 Å². The van der Waals surface area contributed by atoms with Crippen LogP contribution in [0.25, 0.3) is 0 Å². The van der Waals surface area contributed by atoms with Crippen LogP contribution in [0, 0.1) is 6.92 Å². The van der Waals surface area contributed by atoms with Crippen LogP contribution in [-0.4, -0.2) is 60.1 Å². The fourth-order valence-electron chi connectivity index (χ4n) is 4.59. The lowest BCUT2D eigenvalue weighted by Gasteiger charge is -2.39. The summed E-state index contributed by atoms with van der Waals surface area (Å²) in [6.45, 7) is 7.03. The Hall–Kier alpha value is -1.39. The number of carbonyl (C=O) groups is 1. The zero-order chi connectivity index (χ0) is 16.6. The number of carbonyl (C=O) groups excluding carboxylic acids is 1. The summed E-state index contributed by atoms with van der Waals surface area (Å²) in [6, 6.07) is 8.52. The molecular formula is C20H28N2O2. The van der Waals surface area contributed by atoms with Crippen LogP contribution in [-0.2, 0) is 4.74 Å². The third-order valence-electron chi connectivity index (χ3n) is 6.07. The van der Waals surface area contributed by atoms with Crippen molar-refractivity contribution in [2.24, 2.45) is 0 Å². The fraction of sp³-hybridized carbons (Fsp3) is 0.650. The van der Waals surface area contributed by atoms with Crippen molar-refractivity contribution in [2.75, 3.05) is 32.8 Å². The summed E-state index contributed by atoms with van der Waals surface area (Å²) in [6.07, 6.45) is 5.79. The third kappa shape index (κ3) is 3.09. The molecule has 4 heteroatoms. The van der Waals surface area contributed by atoms with E-state index in [2.05, 4.69) is 4.90 Å². The number of piperidine rings is 1. The highest BCUT2D eigenvalue weighted by Crippen LogP contribution is 2.38. The highest BCUT2D eigenvalue weighted by atomic mass is 16.5. The Bertz CT molecular complexity index is 601. The van der Waals surface area contributed by atoms with Gasteiger partial charge in [-0.15, -0.1) is 0 Å². The van der Waals surface area contributed by atoms with Crippen LogP contribution in [0.3, 0.4) is 0 Å². The molecule has 4 nitrogen and oxygen atoms in total. The molecule has 0 N–H and O–H groups in total. The molecule has 0 aliphatic carbocycles. The van der Waals surface area contributed by atoms with Crippen molar-refractivity contribution >= 4 is 5.91 Å². The molecule has 0 radical (unpaired) electrons. The minimum absolute atomic E-state index is 0.0244. The number of aryl methyl sites for hydroxylation is 1. The average Bonchev–Trinajstić information content (AvgIpc) is 3.25. The molecule has 4 rings (SSSR count). The molecule has 0 saturated carbocycles. The van der Waals surface area contributed by atoms with Crippen LogP contribution >= 0.6 is 0 Å². The normalized spacial score (nSPS) is 27.0. The van der Waals surface area contributed by atoms with Gasteiger partial charge in [0.05, 0.1) is 12.2 Å². The van der Waals surface area contributed by atoms with Gasteiger partial charge < -0.3 is 9.64 Å². The lowest BCUT2D eigenvalue weighted by atomic mass is 9.87. The van der Waals surface area contributed by atoms with E-state index in [1.807, 2.05) is 36.1 Å². The van der Waals surface area contributed by atoms with Crippen molar-refractivity contribution in [2.45, 2.75) is 50.7 Å². The van der Waals surface area contributed by atoms with Gasteiger partial charge in [0, 0.05) is 24.7 Å². The molecule has 0 aromatic heterocycles. The van der Waals surface area contributed by atoms with E-state index >= 15 is 0 Å². The molecule has 0 unspecified atom stereocenters. The predicted molar refractivity (Wildman–Crippen MR) is 94.2 cm³/mol. The van der Waals surface area contributed by atoms with Crippen molar-refractivity contribution in [3.63, 3.8) is 0 Å². The average molecular weight is 328 g/mol. The summed E-state index contributed by atoms with van der Waals surface area (Å²) in [4.78, 5) is 17.3. The summed E-state index contributed by atoms with van der Waals surface area (Å²) < 4.78 is 6.28. The van der Waals surface area contributed by atoms with E-state index in [-0.39, 0.29) is 11.5 Å². The van der Waals surface area contributed by atoms with Crippen molar-refractivity contribution in [3.8, 4) is 0 Å². The molecule has 1 spiro atoms. The second-order valence-corrected chi connectivity index (χ2v) is 7.76. The molecule has 3 aliphatic rings. The molecule has 3 fully saturated rings. The monoisotopic (exact) mass is 328 g/mol. The summed E-state index contributed by atoms with van der Waals surface area (Å²) in [5.74, 6) is 0.169. The summed E-state index contributed by atoms with van der Waals surface area (Å²) >= 11 is 0. The minimum Gasteiger partial charge on any atom is -0.373 e. The summed E-state index contributed by atoms with van der Waals surface area (Å²) in [7, 11) is 0. The second-order valence-electron chi connectivity index (χ2n) is 7.76. The number of ether oxygens (including phenoxy) is 1. The maximum Gasteiger partial charge on any atom is 0.253 e. The summed E-state index contributed by atoms with van der Waals surface area (Å²) in [5, 5.41) is 0. The summed E-state index contributed by atoms with van der Waals surface area (Å²) in [5.41, 5.74) is 1.98. The molecule has 1 aromatic rings. The van der Waals surface area contributed by atoms with Gasteiger partial charge >= 0.3 is 0 Å². The Kier molecular flexibility index (Phi) is 4.35. The largest absolute Gasteiger partial charge is 0.373 e. The maximum atomic E-state index is 12.7.